The highest BCUT2D eigenvalue weighted by atomic mass is 16.5. The molecule has 6 heteroatoms. The standard InChI is InChI=1S/C13H22N4O2/c1-4-10-16-11(14-3)7-12(17-10)15-8-13(18)5-6-19-9(13)2/h7,9,18H,4-6,8H2,1-3H3,(H2,14,15,16,17). The van der Waals surface area contributed by atoms with Crippen molar-refractivity contribution in [3.8, 4) is 0 Å². The van der Waals surface area contributed by atoms with Gasteiger partial charge in [-0.25, -0.2) is 9.97 Å². The van der Waals surface area contributed by atoms with Gasteiger partial charge in [-0.2, -0.15) is 0 Å². The maximum atomic E-state index is 10.4. The van der Waals surface area contributed by atoms with E-state index >= 15 is 0 Å². The molecule has 0 amide bonds. The second-order valence-corrected chi connectivity index (χ2v) is 4.88. The zero-order valence-electron chi connectivity index (χ0n) is 11.7. The van der Waals surface area contributed by atoms with E-state index in [2.05, 4.69) is 20.6 Å². The molecule has 0 bridgehead atoms. The van der Waals surface area contributed by atoms with E-state index in [4.69, 9.17) is 4.74 Å². The zero-order chi connectivity index (χ0) is 13.9. The molecule has 3 N–H and O–H groups in total. The van der Waals surface area contributed by atoms with Gasteiger partial charge in [0.1, 0.15) is 23.1 Å². The summed E-state index contributed by atoms with van der Waals surface area (Å²) in [5.74, 6) is 2.28. The first-order valence-electron chi connectivity index (χ1n) is 6.71. The summed E-state index contributed by atoms with van der Waals surface area (Å²) in [7, 11) is 1.83. The van der Waals surface area contributed by atoms with Crippen molar-refractivity contribution in [3.63, 3.8) is 0 Å². The number of nitrogens with one attached hydrogen (secondary N) is 2. The number of anilines is 2. The van der Waals surface area contributed by atoms with E-state index < -0.39 is 5.60 Å². The quantitative estimate of drug-likeness (QED) is 0.739. The van der Waals surface area contributed by atoms with Crippen molar-refractivity contribution >= 4 is 11.6 Å². The summed E-state index contributed by atoms with van der Waals surface area (Å²) in [5.41, 5.74) is -0.822. The van der Waals surface area contributed by atoms with Crippen LogP contribution in [-0.4, -0.2) is 47.0 Å². The van der Waals surface area contributed by atoms with Crippen molar-refractivity contribution in [1.29, 1.82) is 0 Å². The molecule has 0 saturated carbocycles. The van der Waals surface area contributed by atoms with E-state index in [9.17, 15) is 5.11 Å². The van der Waals surface area contributed by atoms with Crippen molar-refractivity contribution in [3.05, 3.63) is 11.9 Å². The molecule has 0 aliphatic carbocycles. The first-order valence-corrected chi connectivity index (χ1v) is 6.71. The van der Waals surface area contributed by atoms with E-state index in [-0.39, 0.29) is 6.10 Å². The molecule has 1 fully saturated rings. The summed E-state index contributed by atoms with van der Waals surface area (Å²) >= 11 is 0. The minimum absolute atomic E-state index is 0.156. The molecule has 6 nitrogen and oxygen atoms in total. The van der Waals surface area contributed by atoms with Gasteiger partial charge in [-0.1, -0.05) is 6.92 Å². The van der Waals surface area contributed by atoms with Gasteiger partial charge in [0.2, 0.25) is 0 Å². The number of hydrogen-bond donors (Lipinski definition) is 3. The Kier molecular flexibility index (Phi) is 4.21. The number of nitrogens with zero attached hydrogens (tertiary/aromatic N) is 2. The lowest BCUT2D eigenvalue weighted by Crippen LogP contribution is -2.43. The third kappa shape index (κ3) is 3.13. The molecule has 1 aliphatic rings. The topological polar surface area (TPSA) is 79.3 Å². The van der Waals surface area contributed by atoms with Gasteiger partial charge in [0.05, 0.1) is 6.10 Å². The van der Waals surface area contributed by atoms with E-state index in [0.29, 0.717) is 19.6 Å². The largest absolute Gasteiger partial charge is 0.385 e. The van der Waals surface area contributed by atoms with Gasteiger partial charge < -0.3 is 20.5 Å². The van der Waals surface area contributed by atoms with Gasteiger partial charge in [0, 0.05) is 39.1 Å². The summed E-state index contributed by atoms with van der Waals surface area (Å²) in [6, 6.07) is 1.84. The maximum absolute atomic E-state index is 10.4. The third-order valence-corrected chi connectivity index (χ3v) is 3.58. The molecule has 1 aromatic rings. The number of rotatable bonds is 5. The Balaban J connectivity index is 2.06. The molecule has 2 rings (SSSR count). The predicted molar refractivity (Wildman–Crippen MR) is 74.4 cm³/mol. The van der Waals surface area contributed by atoms with Gasteiger partial charge in [-0.05, 0) is 6.92 Å². The molecule has 1 saturated heterocycles. The lowest BCUT2D eigenvalue weighted by atomic mass is 9.97. The lowest BCUT2D eigenvalue weighted by molar-refractivity contribution is -0.0176. The van der Waals surface area contributed by atoms with Gasteiger partial charge in [-0.3, -0.25) is 0 Å². The molecule has 2 atom stereocenters. The summed E-state index contributed by atoms with van der Waals surface area (Å²) in [5, 5.41) is 16.6. The predicted octanol–water partition coefficient (Wildman–Crippen LogP) is 1.03. The number of hydrogen-bond acceptors (Lipinski definition) is 6. The Hall–Kier alpha value is -1.40. The van der Waals surface area contributed by atoms with Crippen LogP contribution < -0.4 is 10.6 Å². The number of aromatic nitrogens is 2. The number of aryl methyl sites for hydroxylation is 1. The summed E-state index contributed by atoms with van der Waals surface area (Å²) in [4.78, 5) is 8.74. The van der Waals surface area contributed by atoms with Gasteiger partial charge in [0.25, 0.3) is 0 Å². The molecule has 1 aromatic heterocycles. The highest BCUT2D eigenvalue weighted by Gasteiger charge is 2.39. The van der Waals surface area contributed by atoms with E-state index in [1.165, 1.54) is 0 Å². The fraction of sp³-hybridized carbons (Fsp3) is 0.692. The Labute approximate surface area is 113 Å². The van der Waals surface area contributed by atoms with Crippen molar-refractivity contribution in [2.24, 2.45) is 0 Å². The molecular weight excluding hydrogens is 244 g/mol. The first-order chi connectivity index (χ1) is 9.07. The van der Waals surface area contributed by atoms with E-state index in [0.717, 1.165) is 23.9 Å². The second kappa shape index (κ2) is 5.71. The van der Waals surface area contributed by atoms with Crippen molar-refractivity contribution in [2.75, 3.05) is 30.8 Å². The third-order valence-electron chi connectivity index (χ3n) is 3.58. The van der Waals surface area contributed by atoms with Crippen LogP contribution in [0.15, 0.2) is 6.07 Å². The van der Waals surface area contributed by atoms with Crippen LogP contribution in [0, 0.1) is 0 Å². The molecule has 106 valence electrons. The molecule has 0 spiro atoms. The number of ether oxygens (including phenoxy) is 1. The van der Waals surface area contributed by atoms with Crippen LogP contribution in [0.4, 0.5) is 11.6 Å². The van der Waals surface area contributed by atoms with Crippen molar-refractivity contribution < 1.29 is 9.84 Å². The van der Waals surface area contributed by atoms with Crippen LogP contribution in [0.1, 0.15) is 26.1 Å². The highest BCUT2D eigenvalue weighted by molar-refractivity contribution is 5.47. The van der Waals surface area contributed by atoms with Gasteiger partial charge in [0.15, 0.2) is 0 Å². The Bertz CT molecular complexity index is 418. The highest BCUT2D eigenvalue weighted by Crippen LogP contribution is 2.26. The second-order valence-electron chi connectivity index (χ2n) is 4.88. The first kappa shape index (κ1) is 14.0. The molecule has 0 aromatic carbocycles. The normalized spacial score (nSPS) is 26.4. The van der Waals surface area contributed by atoms with Crippen LogP contribution in [0.2, 0.25) is 0 Å². The maximum Gasteiger partial charge on any atom is 0.132 e. The molecule has 1 aliphatic heterocycles. The molecule has 19 heavy (non-hydrogen) atoms. The van der Waals surface area contributed by atoms with E-state index in [1.54, 1.807) is 0 Å². The SMILES string of the molecule is CCc1nc(NC)cc(NCC2(O)CCOC2C)n1. The summed E-state index contributed by atoms with van der Waals surface area (Å²) in [6.07, 6.45) is 1.26. The number of aliphatic hydroxyl groups is 1. The van der Waals surface area contributed by atoms with Crippen molar-refractivity contribution in [1.82, 2.24) is 9.97 Å². The monoisotopic (exact) mass is 266 g/mol. The zero-order valence-corrected chi connectivity index (χ0v) is 11.7. The summed E-state index contributed by atoms with van der Waals surface area (Å²) < 4.78 is 5.41. The van der Waals surface area contributed by atoms with Crippen LogP contribution in [0.3, 0.4) is 0 Å². The molecule has 0 radical (unpaired) electrons. The van der Waals surface area contributed by atoms with Crippen LogP contribution >= 0.6 is 0 Å². The Morgan fingerprint density at radius 2 is 2.21 bits per heavy atom. The van der Waals surface area contributed by atoms with E-state index in [1.807, 2.05) is 27.0 Å². The molecule has 2 unspecified atom stereocenters. The van der Waals surface area contributed by atoms with Gasteiger partial charge >= 0.3 is 0 Å². The average molecular weight is 266 g/mol. The molecule has 2 heterocycles. The van der Waals surface area contributed by atoms with Crippen LogP contribution in [-0.2, 0) is 11.2 Å². The van der Waals surface area contributed by atoms with Crippen molar-refractivity contribution in [2.45, 2.75) is 38.4 Å². The molecular formula is C13H22N4O2. The van der Waals surface area contributed by atoms with Crippen LogP contribution in [0.25, 0.3) is 0 Å². The smallest absolute Gasteiger partial charge is 0.132 e. The fourth-order valence-electron chi connectivity index (χ4n) is 2.12. The Morgan fingerprint density at radius 3 is 2.79 bits per heavy atom. The van der Waals surface area contributed by atoms with Crippen LogP contribution in [0.5, 0.6) is 0 Å². The average Bonchev–Trinajstić information content (AvgIpc) is 2.76. The minimum atomic E-state index is -0.822. The Morgan fingerprint density at radius 1 is 1.47 bits per heavy atom. The lowest BCUT2D eigenvalue weighted by Gasteiger charge is -2.26. The van der Waals surface area contributed by atoms with Gasteiger partial charge in [-0.15, -0.1) is 0 Å². The summed E-state index contributed by atoms with van der Waals surface area (Å²) in [6.45, 7) is 4.94. The fourth-order valence-corrected chi connectivity index (χ4v) is 2.12. The minimum Gasteiger partial charge on any atom is -0.385 e.